The van der Waals surface area contributed by atoms with Gasteiger partial charge in [-0.05, 0) is 39.5 Å². The number of carboxylic acid groups (broad SMARTS) is 1. The number of nitrogens with zero attached hydrogens (tertiary/aromatic N) is 1. The Labute approximate surface area is 109 Å². The first-order valence-electron chi connectivity index (χ1n) is 6.52. The first-order valence-corrected chi connectivity index (χ1v) is 6.52. The van der Waals surface area contributed by atoms with Gasteiger partial charge < -0.3 is 15.3 Å². The molecule has 2 N–H and O–H groups in total. The molecule has 2 unspecified atom stereocenters. The van der Waals surface area contributed by atoms with Crippen LogP contribution >= 0.6 is 0 Å². The molecule has 2 amide bonds. The van der Waals surface area contributed by atoms with Crippen LogP contribution in [0.3, 0.4) is 0 Å². The molecule has 5 heteroatoms. The van der Waals surface area contributed by atoms with E-state index in [0.29, 0.717) is 5.92 Å². The van der Waals surface area contributed by atoms with Gasteiger partial charge >= 0.3 is 12.0 Å². The molecular formula is C13H24N2O3. The van der Waals surface area contributed by atoms with Gasteiger partial charge in [-0.25, -0.2) is 4.79 Å². The summed E-state index contributed by atoms with van der Waals surface area (Å²) in [6.07, 6.45) is 2.16. The molecule has 0 spiro atoms. The molecule has 0 aromatic carbocycles. The van der Waals surface area contributed by atoms with Crippen molar-refractivity contribution < 1.29 is 14.7 Å². The number of hydrogen-bond acceptors (Lipinski definition) is 2. The van der Waals surface area contributed by atoms with Crippen molar-refractivity contribution in [2.75, 3.05) is 13.1 Å². The van der Waals surface area contributed by atoms with Gasteiger partial charge in [0.25, 0.3) is 0 Å². The van der Waals surface area contributed by atoms with Crippen LogP contribution in [0.4, 0.5) is 4.79 Å². The number of nitrogens with one attached hydrogen (secondary N) is 1. The lowest BCUT2D eigenvalue weighted by Gasteiger charge is -2.37. The number of likely N-dealkylation sites (tertiary alicyclic amines) is 1. The first-order chi connectivity index (χ1) is 8.24. The molecule has 1 saturated heterocycles. The van der Waals surface area contributed by atoms with E-state index in [1.54, 1.807) is 13.8 Å². The van der Waals surface area contributed by atoms with E-state index in [-0.39, 0.29) is 18.6 Å². The number of amides is 2. The maximum absolute atomic E-state index is 12.0. The van der Waals surface area contributed by atoms with Crippen LogP contribution in [0.5, 0.6) is 0 Å². The largest absolute Gasteiger partial charge is 0.481 e. The summed E-state index contributed by atoms with van der Waals surface area (Å²) >= 11 is 0. The van der Waals surface area contributed by atoms with E-state index < -0.39 is 11.4 Å². The Morgan fingerprint density at radius 1 is 1.33 bits per heavy atom. The number of carbonyl (C=O) groups is 2. The van der Waals surface area contributed by atoms with Crippen LogP contribution < -0.4 is 5.32 Å². The van der Waals surface area contributed by atoms with Crippen LogP contribution in [0.25, 0.3) is 0 Å². The van der Waals surface area contributed by atoms with Crippen LogP contribution in [0.15, 0.2) is 0 Å². The van der Waals surface area contributed by atoms with Crippen molar-refractivity contribution in [1.29, 1.82) is 0 Å². The first kappa shape index (κ1) is 14.8. The summed E-state index contributed by atoms with van der Waals surface area (Å²) in [5.74, 6) is -0.387. The van der Waals surface area contributed by atoms with Gasteiger partial charge in [0, 0.05) is 19.1 Å². The summed E-state index contributed by atoms with van der Waals surface area (Å²) in [6, 6.07) is 0.0810. The summed E-state index contributed by atoms with van der Waals surface area (Å²) in [6.45, 7) is 8.29. The number of rotatable bonds is 3. The van der Waals surface area contributed by atoms with Crippen LogP contribution in [0.2, 0.25) is 0 Å². The zero-order chi connectivity index (χ0) is 13.9. The van der Waals surface area contributed by atoms with Gasteiger partial charge in [-0.15, -0.1) is 0 Å². The second-order valence-corrected chi connectivity index (χ2v) is 6.03. The number of urea groups is 1. The minimum absolute atomic E-state index is 0.150. The number of hydrogen-bond donors (Lipinski definition) is 2. The minimum Gasteiger partial charge on any atom is -0.481 e. The van der Waals surface area contributed by atoms with Crippen molar-refractivity contribution in [3.05, 3.63) is 0 Å². The van der Waals surface area contributed by atoms with Gasteiger partial charge in [0.15, 0.2) is 0 Å². The van der Waals surface area contributed by atoms with E-state index in [4.69, 9.17) is 5.11 Å². The van der Waals surface area contributed by atoms with E-state index in [0.717, 1.165) is 19.4 Å². The molecule has 0 bridgehead atoms. The minimum atomic E-state index is -0.930. The van der Waals surface area contributed by atoms with Crippen LogP contribution in [0.1, 0.15) is 40.5 Å². The average Bonchev–Trinajstić information content (AvgIpc) is 2.29. The standard InChI is InChI=1S/C13H24N2O3/c1-9-5-6-10(2)15(7-9)12(18)14-8-13(3,4)11(16)17/h9-10H,5-8H2,1-4H3,(H,14,18)(H,16,17). The molecule has 0 radical (unpaired) electrons. The third-order valence-electron chi connectivity index (χ3n) is 3.64. The Balaban J connectivity index is 2.52. The average molecular weight is 256 g/mol. The predicted octanol–water partition coefficient (Wildman–Crippen LogP) is 1.93. The quantitative estimate of drug-likeness (QED) is 0.810. The van der Waals surface area contributed by atoms with E-state index >= 15 is 0 Å². The molecule has 104 valence electrons. The monoisotopic (exact) mass is 256 g/mol. The number of piperidine rings is 1. The Hall–Kier alpha value is -1.26. The molecule has 18 heavy (non-hydrogen) atoms. The normalized spacial score (nSPS) is 24.8. The van der Waals surface area contributed by atoms with Gasteiger partial charge in [-0.1, -0.05) is 6.92 Å². The molecule has 0 saturated carbocycles. The maximum atomic E-state index is 12.0. The summed E-state index contributed by atoms with van der Waals surface area (Å²) in [7, 11) is 0. The topological polar surface area (TPSA) is 69.6 Å². The van der Waals surface area contributed by atoms with Crippen molar-refractivity contribution >= 4 is 12.0 Å². The maximum Gasteiger partial charge on any atom is 0.317 e. The van der Waals surface area contributed by atoms with Gasteiger partial charge in [-0.3, -0.25) is 4.79 Å². The fourth-order valence-electron chi connectivity index (χ4n) is 2.05. The van der Waals surface area contributed by atoms with Crippen LogP contribution in [-0.4, -0.2) is 41.1 Å². The van der Waals surface area contributed by atoms with Crippen molar-refractivity contribution in [2.45, 2.75) is 46.6 Å². The van der Waals surface area contributed by atoms with Gasteiger partial charge in [0.1, 0.15) is 0 Å². The number of carbonyl (C=O) groups excluding carboxylic acids is 1. The fourth-order valence-corrected chi connectivity index (χ4v) is 2.05. The lowest BCUT2D eigenvalue weighted by atomic mass is 9.93. The molecule has 0 aromatic rings. The highest BCUT2D eigenvalue weighted by Crippen LogP contribution is 2.21. The Morgan fingerprint density at radius 2 is 1.94 bits per heavy atom. The second-order valence-electron chi connectivity index (χ2n) is 6.03. The van der Waals surface area contributed by atoms with Crippen molar-refractivity contribution in [1.82, 2.24) is 10.2 Å². The fraction of sp³-hybridized carbons (Fsp3) is 0.846. The molecule has 1 heterocycles. The molecule has 1 aliphatic rings. The molecule has 1 rings (SSSR count). The Morgan fingerprint density at radius 3 is 2.50 bits per heavy atom. The second kappa shape index (κ2) is 5.59. The highest BCUT2D eigenvalue weighted by Gasteiger charge is 2.31. The molecule has 0 aliphatic carbocycles. The smallest absolute Gasteiger partial charge is 0.317 e. The van der Waals surface area contributed by atoms with Gasteiger partial charge in [0.2, 0.25) is 0 Å². The third-order valence-corrected chi connectivity index (χ3v) is 3.64. The van der Waals surface area contributed by atoms with Gasteiger partial charge in [0.05, 0.1) is 5.41 Å². The van der Waals surface area contributed by atoms with Crippen molar-refractivity contribution in [3.8, 4) is 0 Å². The van der Waals surface area contributed by atoms with Gasteiger partial charge in [-0.2, -0.15) is 0 Å². The highest BCUT2D eigenvalue weighted by atomic mass is 16.4. The number of aliphatic carboxylic acids is 1. The van der Waals surface area contributed by atoms with E-state index in [1.807, 2.05) is 11.8 Å². The van der Waals surface area contributed by atoms with Crippen molar-refractivity contribution in [2.24, 2.45) is 11.3 Å². The molecule has 1 fully saturated rings. The predicted molar refractivity (Wildman–Crippen MR) is 69.4 cm³/mol. The third kappa shape index (κ3) is 3.62. The highest BCUT2D eigenvalue weighted by molar-refractivity contribution is 5.77. The zero-order valence-corrected chi connectivity index (χ0v) is 11.7. The summed E-state index contributed by atoms with van der Waals surface area (Å²) in [5.41, 5.74) is -0.930. The number of carboxylic acids is 1. The summed E-state index contributed by atoms with van der Waals surface area (Å²) < 4.78 is 0. The van der Waals surface area contributed by atoms with Crippen LogP contribution in [-0.2, 0) is 4.79 Å². The zero-order valence-electron chi connectivity index (χ0n) is 11.7. The van der Waals surface area contributed by atoms with E-state index in [1.165, 1.54) is 0 Å². The molecule has 1 aliphatic heterocycles. The SMILES string of the molecule is CC1CCC(C)N(C(=O)NCC(C)(C)C(=O)O)C1. The van der Waals surface area contributed by atoms with Crippen molar-refractivity contribution in [3.63, 3.8) is 0 Å². The Bertz CT molecular complexity index is 328. The van der Waals surface area contributed by atoms with E-state index in [2.05, 4.69) is 12.2 Å². The lowest BCUT2D eigenvalue weighted by Crippen LogP contribution is -2.51. The molecule has 0 aromatic heterocycles. The molecule has 5 nitrogen and oxygen atoms in total. The summed E-state index contributed by atoms with van der Waals surface area (Å²) in [4.78, 5) is 24.8. The summed E-state index contributed by atoms with van der Waals surface area (Å²) in [5, 5.41) is 11.7. The lowest BCUT2D eigenvalue weighted by molar-refractivity contribution is -0.146. The van der Waals surface area contributed by atoms with E-state index in [9.17, 15) is 9.59 Å². The molecule has 2 atom stereocenters. The van der Waals surface area contributed by atoms with Crippen LogP contribution in [0, 0.1) is 11.3 Å². The Kier molecular flexibility index (Phi) is 4.59. The molecular weight excluding hydrogens is 232 g/mol.